The molecule has 0 radical (unpaired) electrons. The minimum absolute atomic E-state index is 0.241. The summed E-state index contributed by atoms with van der Waals surface area (Å²) < 4.78 is 6.25. The summed E-state index contributed by atoms with van der Waals surface area (Å²) in [6.07, 6.45) is 2.63. The molecule has 5 heteroatoms. The van der Waals surface area contributed by atoms with E-state index in [0.29, 0.717) is 5.92 Å². The number of ether oxygens (including phenoxy) is 1. The van der Waals surface area contributed by atoms with E-state index in [1.807, 2.05) is 10.9 Å². The third kappa shape index (κ3) is 3.66. The van der Waals surface area contributed by atoms with Crippen LogP contribution in [0, 0.1) is 5.92 Å². The van der Waals surface area contributed by atoms with Crippen LogP contribution >= 0.6 is 0 Å². The maximum Gasteiger partial charge on any atom is 0.335 e. The van der Waals surface area contributed by atoms with E-state index in [9.17, 15) is 9.90 Å². The molecule has 1 N–H and O–H groups in total. The number of aliphatic hydroxyl groups is 1. The molecule has 0 saturated carbocycles. The minimum atomic E-state index is -1.11. The fraction of sp³-hybridized carbons (Fsp3) is 0.636. The van der Waals surface area contributed by atoms with Gasteiger partial charge < -0.3 is 9.84 Å². The summed E-state index contributed by atoms with van der Waals surface area (Å²) in [7, 11) is 1.26. The number of aliphatic hydroxyl groups excluding tert-OH is 1. The van der Waals surface area contributed by atoms with Gasteiger partial charge in [-0.15, -0.1) is 0 Å². The van der Waals surface area contributed by atoms with Gasteiger partial charge in [0.1, 0.15) is 0 Å². The number of carbonyl (C=O) groups excluding carboxylic acids is 1. The topological polar surface area (TPSA) is 64.3 Å². The smallest absolute Gasteiger partial charge is 0.335 e. The van der Waals surface area contributed by atoms with E-state index in [-0.39, 0.29) is 6.42 Å². The van der Waals surface area contributed by atoms with Gasteiger partial charge in [0, 0.05) is 19.2 Å². The lowest BCUT2D eigenvalue weighted by atomic mass is 10.1. The molecule has 0 fully saturated rings. The van der Waals surface area contributed by atoms with Crippen molar-refractivity contribution in [3.8, 4) is 0 Å². The zero-order chi connectivity index (χ0) is 12.1. The van der Waals surface area contributed by atoms with Crippen LogP contribution in [0.3, 0.4) is 0 Å². The zero-order valence-electron chi connectivity index (χ0n) is 9.88. The molecule has 0 saturated heterocycles. The number of nitrogens with zero attached hydrogens (tertiary/aromatic N) is 2. The molecule has 1 aromatic rings. The van der Waals surface area contributed by atoms with Crippen molar-refractivity contribution in [2.75, 3.05) is 7.11 Å². The largest absolute Gasteiger partial charge is 0.467 e. The highest BCUT2D eigenvalue weighted by Gasteiger charge is 2.16. The number of esters is 1. The summed E-state index contributed by atoms with van der Waals surface area (Å²) in [5, 5.41) is 13.6. The Morgan fingerprint density at radius 2 is 2.31 bits per heavy atom. The molecule has 5 nitrogen and oxygen atoms in total. The van der Waals surface area contributed by atoms with Gasteiger partial charge in [-0.1, -0.05) is 13.8 Å². The normalized spacial score (nSPS) is 12.8. The lowest BCUT2D eigenvalue weighted by Gasteiger charge is -2.06. The number of methoxy groups -OCH3 is 1. The molecule has 1 unspecified atom stereocenters. The Morgan fingerprint density at radius 3 is 2.88 bits per heavy atom. The van der Waals surface area contributed by atoms with Crippen molar-refractivity contribution >= 4 is 5.97 Å². The van der Waals surface area contributed by atoms with E-state index in [0.717, 1.165) is 12.1 Å². The van der Waals surface area contributed by atoms with Crippen LogP contribution in [0.5, 0.6) is 0 Å². The van der Waals surface area contributed by atoms with E-state index >= 15 is 0 Å². The van der Waals surface area contributed by atoms with Crippen molar-refractivity contribution in [1.29, 1.82) is 0 Å². The van der Waals surface area contributed by atoms with Crippen molar-refractivity contribution in [2.24, 2.45) is 5.92 Å². The van der Waals surface area contributed by atoms with E-state index in [1.165, 1.54) is 7.11 Å². The molecule has 0 spiro atoms. The van der Waals surface area contributed by atoms with Gasteiger partial charge in [0.15, 0.2) is 6.10 Å². The molecule has 1 heterocycles. The van der Waals surface area contributed by atoms with Gasteiger partial charge in [-0.05, 0) is 11.5 Å². The Labute approximate surface area is 95.0 Å². The first-order valence-electron chi connectivity index (χ1n) is 5.30. The molecular formula is C11H18N2O3. The van der Waals surface area contributed by atoms with Crippen LogP contribution in [0.4, 0.5) is 0 Å². The van der Waals surface area contributed by atoms with Crippen LogP contribution < -0.4 is 0 Å². The first-order valence-corrected chi connectivity index (χ1v) is 5.30. The van der Waals surface area contributed by atoms with Crippen molar-refractivity contribution < 1.29 is 14.6 Å². The minimum Gasteiger partial charge on any atom is -0.467 e. The average molecular weight is 226 g/mol. The molecule has 1 aromatic heterocycles. The van der Waals surface area contributed by atoms with E-state index in [2.05, 4.69) is 23.7 Å². The standard InChI is InChI=1S/C11H18N2O3/c1-8(2)6-13-7-9(5-12-13)4-10(14)11(15)16-3/h5,7-8,10,14H,4,6H2,1-3H3. The molecule has 0 aliphatic carbocycles. The SMILES string of the molecule is COC(=O)C(O)Cc1cnn(CC(C)C)c1. The molecule has 0 aromatic carbocycles. The quantitative estimate of drug-likeness (QED) is 0.747. The van der Waals surface area contributed by atoms with Gasteiger partial charge in [-0.25, -0.2) is 4.79 Å². The summed E-state index contributed by atoms with van der Waals surface area (Å²) >= 11 is 0. The molecule has 0 amide bonds. The molecule has 90 valence electrons. The van der Waals surface area contributed by atoms with Crippen LogP contribution in [0.2, 0.25) is 0 Å². The highest BCUT2D eigenvalue weighted by atomic mass is 16.5. The molecule has 1 rings (SSSR count). The molecule has 16 heavy (non-hydrogen) atoms. The lowest BCUT2D eigenvalue weighted by molar-refractivity contribution is -0.150. The molecular weight excluding hydrogens is 208 g/mol. The fourth-order valence-corrected chi connectivity index (χ4v) is 1.43. The predicted molar refractivity (Wildman–Crippen MR) is 58.8 cm³/mol. The third-order valence-electron chi connectivity index (χ3n) is 2.14. The van der Waals surface area contributed by atoms with Crippen molar-refractivity contribution in [2.45, 2.75) is 32.9 Å². The second-order valence-electron chi connectivity index (χ2n) is 4.21. The molecule has 0 aliphatic rings. The Bertz CT molecular complexity index is 347. The molecule has 0 aliphatic heterocycles. The van der Waals surface area contributed by atoms with Gasteiger partial charge in [-0.3, -0.25) is 4.68 Å². The number of carbonyl (C=O) groups is 1. The number of hydrogen-bond acceptors (Lipinski definition) is 4. The second kappa shape index (κ2) is 5.65. The van der Waals surface area contributed by atoms with Crippen LogP contribution in [0.1, 0.15) is 19.4 Å². The van der Waals surface area contributed by atoms with Crippen LogP contribution in [-0.2, 0) is 22.5 Å². The molecule has 0 bridgehead atoms. The Morgan fingerprint density at radius 1 is 1.62 bits per heavy atom. The van der Waals surface area contributed by atoms with Gasteiger partial charge in [0.25, 0.3) is 0 Å². The van der Waals surface area contributed by atoms with Gasteiger partial charge in [-0.2, -0.15) is 5.10 Å². The van der Waals surface area contributed by atoms with Crippen molar-refractivity contribution in [1.82, 2.24) is 9.78 Å². The summed E-state index contributed by atoms with van der Waals surface area (Å²) in [6, 6.07) is 0. The summed E-state index contributed by atoms with van der Waals surface area (Å²) in [5.74, 6) is -0.102. The van der Waals surface area contributed by atoms with Crippen LogP contribution in [0.15, 0.2) is 12.4 Å². The van der Waals surface area contributed by atoms with Crippen molar-refractivity contribution in [3.05, 3.63) is 18.0 Å². The summed E-state index contributed by atoms with van der Waals surface area (Å²) in [4.78, 5) is 11.0. The first kappa shape index (κ1) is 12.7. The van der Waals surface area contributed by atoms with Gasteiger partial charge in [0.2, 0.25) is 0 Å². The summed E-state index contributed by atoms with van der Waals surface area (Å²) in [5.41, 5.74) is 0.832. The maximum atomic E-state index is 11.0. The Kier molecular flexibility index (Phi) is 4.49. The monoisotopic (exact) mass is 226 g/mol. The lowest BCUT2D eigenvalue weighted by Crippen LogP contribution is -2.23. The summed E-state index contributed by atoms with van der Waals surface area (Å²) in [6.45, 7) is 5.03. The Hall–Kier alpha value is -1.36. The third-order valence-corrected chi connectivity index (χ3v) is 2.14. The van der Waals surface area contributed by atoms with Crippen LogP contribution in [-0.4, -0.2) is 34.1 Å². The fourth-order valence-electron chi connectivity index (χ4n) is 1.43. The maximum absolute atomic E-state index is 11.0. The van der Waals surface area contributed by atoms with Gasteiger partial charge >= 0.3 is 5.97 Å². The highest BCUT2D eigenvalue weighted by molar-refractivity contribution is 5.74. The predicted octanol–water partition coefficient (Wildman–Crippen LogP) is 0.615. The number of rotatable bonds is 5. The second-order valence-corrected chi connectivity index (χ2v) is 4.21. The van der Waals surface area contributed by atoms with Crippen LogP contribution in [0.25, 0.3) is 0 Å². The zero-order valence-corrected chi connectivity index (χ0v) is 9.88. The van der Waals surface area contributed by atoms with Gasteiger partial charge in [0.05, 0.1) is 13.3 Å². The number of hydrogen-bond donors (Lipinski definition) is 1. The van der Waals surface area contributed by atoms with E-state index < -0.39 is 12.1 Å². The first-order chi connectivity index (χ1) is 7.52. The Balaban J connectivity index is 2.55. The van der Waals surface area contributed by atoms with E-state index in [4.69, 9.17) is 0 Å². The van der Waals surface area contributed by atoms with E-state index in [1.54, 1.807) is 6.20 Å². The number of aromatic nitrogens is 2. The molecule has 1 atom stereocenters. The highest BCUT2D eigenvalue weighted by Crippen LogP contribution is 2.05. The average Bonchev–Trinajstić information content (AvgIpc) is 2.63. The van der Waals surface area contributed by atoms with Crippen molar-refractivity contribution in [3.63, 3.8) is 0 Å².